The second-order valence-electron chi connectivity index (χ2n) is 3.50. The third kappa shape index (κ3) is 1.32. The Morgan fingerprint density at radius 3 is 2.36 bits per heavy atom. The van der Waals surface area contributed by atoms with Crippen LogP contribution in [0.25, 0.3) is 0 Å². The van der Waals surface area contributed by atoms with Gasteiger partial charge in [-0.1, -0.05) is 0 Å². The lowest BCUT2D eigenvalue weighted by Gasteiger charge is -2.10. The molecule has 0 atom stereocenters. The third-order valence-corrected chi connectivity index (χ3v) is 2.44. The van der Waals surface area contributed by atoms with Gasteiger partial charge in [0, 0.05) is 5.56 Å². The van der Waals surface area contributed by atoms with E-state index in [9.17, 15) is 18.7 Å². The van der Waals surface area contributed by atoms with Crippen molar-refractivity contribution in [3.8, 4) is 0 Å². The molecule has 0 unspecified atom stereocenters. The van der Waals surface area contributed by atoms with Crippen molar-refractivity contribution >= 4 is 6.29 Å². The first-order valence-corrected chi connectivity index (χ1v) is 4.24. The van der Waals surface area contributed by atoms with Crippen molar-refractivity contribution in [2.45, 2.75) is 18.4 Å². The molecule has 0 radical (unpaired) electrons. The van der Waals surface area contributed by atoms with Crippen LogP contribution >= 0.6 is 0 Å². The first kappa shape index (κ1) is 9.27. The molecule has 0 bridgehead atoms. The molecule has 1 saturated carbocycles. The number of rotatable bonds is 2. The average Bonchev–Trinajstić information content (AvgIpc) is 2.89. The van der Waals surface area contributed by atoms with Crippen molar-refractivity contribution in [3.05, 3.63) is 34.9 Å². The van der Waals surface area contributed by atoms with Gasteiger partial charge in [-0.15, -0.1) is 0 Å². The fourth-order valence-electron chi connectivity index (χ4n) is 1.45. The molecule has 2 rings (SSSR count). The van der Waals surface area contributed by atoms with Gasteiger partial charge in [0.25, 0.3) is 0 Å². The summed E-state index contributed by atoms with van der Waals surface area (Å²) in [5, 5.41) is 9.68. The SMILES string of the molecule is O=Cc1cc(F)c(F)cc1C1(O)CC1. The largest absolute Gasteiger partial charge is 0.385 e. The fraction of sp³-hybridized carbons (Fsp3) is 0.300. The van der Waals surface area contributed by atoms with Crippen molar-refractivity contribution < 1.29 is 18.7 Å². The van der Waals surface area contributed by atoms with E-state index < -0.39 is 17.2 Å². The second-order valence-corrected chi connectivity index (χ2v) is 3.50. The number of carbonyl (C=O) groups is 1. The van der Waals surface area contributed by atoms with Gasteiger partial charge in [-0.2, -0.15) is 0 Å². The van der Waals surface area contributed by atoms with Crippen molar-refractivity contribution in [1.82, 2.24) is 0 Å². The minimum atomic E-state index is -1.12. The molecular formula is C10H8F2O2. The summed E-state index contributed by atoms with van der Waals surface area (Å²) in [6, 6.07) is 1.71. The molecule has 0 spiro atoms. The highest BCUT2D eigenvalue weighted by Gasteiger charge is 2.44. The molecule has 4 heteroatoms. The predicted molar refractivity (Wildman–Crippen MR) is 44.9 cm³/mol. The molecule has 1 aromatic carbocycles. The summed E-state index contributed by atoms with van der Waals surface area (Å²) in [5.41, 5.74) is -0.916. The van der Waals surface area contributed by atoms with Gasteiger partial charge >= 0.3 is 0 Å². The number of hydrogen-bond donors (Lipinski definition) is 1. The summed E-state index contributed by atoms with van der Waals surface area (Å²) in [5.74, 6) is -2.11. The van der Waals surface area contributed by atoms with Crippen LogP contribution in [0, 0.1) is 11.6 Å². The quantitative estimate of drug-likeness (QED) is 0.735. The van der Waals surface area contributed by atoms with Crippen molar-refractivity contribution in [2.24, 2.45) is 0 Å². The molecule has 1 N–H and O–H groups in total. The Balaban J connectivity index is 2.58. The average molecular weight is 198 g/mol. The minimum Gasteiger partial charge on any atom is -0.385 e. The highest BCUT2D eigenvalue weighted by atomic mass is 19.2. The summed E-state index contributed by atoms with van der Waals surface area (Å²) < 4.78 is 25.6. The molecule has 74 valence electrons. The molecule has 0 saturated heterocycles. The monoisotopic (exact) mass is 198 g/mol. The molecule has 0 heterocycles. The standard InChI is InChI=1S/C10H8F2O2/c11-8-3-6(5-13)7(4-9(8)12)10(14)1-2-10/h3-5,14H,1-2H2. The number of aliphatic hydroxyl groups is 1. The van der Waals surface area contributed by atoms with E-state index in [0.717, 1.165) is 12.1 Å². The molecule has 1 aliphatic carbocycles. The van der Waals surface area contributed by atoms with Gasteiger partial charge in [-0.3, -0.25) is 4.79 Å². The number of hydrogen-bond acceptors (Lipinski definition) is 2. The Bertz CT molecular complexity index is 397. The summed E-state index contributed by atoms with van der Waals surface area (Å²) in [6.07, 6.45) is 1.39. The van der Waals surface area contributed by atoms with E-state index in [4.69, 9.17) is 0 Å². The van der Waals surface area contributed by atoms with E-state index in [1.165, 1.54) is 0 Å². The van der Waals surface area contributed by atoms with Crippen LogP contribution in [0.15, 0.2) is 12.1 Å². The zero-order valence-corrected chi connectivity index (χ0v) is 7.26. The van der Waals surface area contributed by atoms with Gasteiger partial charge in [-0.25, -0.2) is 8.78 Å². The Hall–Kier alpha value is -1.29. The van der Waals surface area contributed by atoms with Gasteiger partial charge in [0.05, 0.1) is 5.60 Å². The van der Waals surface area contributed by atoms with Crippen LogP contribution < -0.4 is 0 Å². The number of benzene rings is 1. The summed E-state index contributed by atoms with van der Waals surface area (Å²) >= 11 is 0. The summed E-state index contributed by atoms with van der Waals surface area (Å²) in [4.78, 5) is 10.6. The highest BCUT2D eigenvalue weighted by Crippen LogP contribution is 2.46. The van der Waals surface area contributed by atoms with E-state index in [1.54, 1.807) is 0 Å². The van der Waals surface area contributed by atoms with Gasteiger partial charge in [0.15, 0.2) is 17.9 Å². The zero-order valence-electron chi connectivity index (χ0n) is 7.26. The van der Waals surface area contributed by atoms with E-state index in [-0.39, 0.29) is 11.1 Å². The molecule has 1 aromatic rings. The van der Waals surface area contributed by atoms with Crippen LogP contribution in [0.1, 0.15) is 28.8 Å². The normalized spacial score (nSPS) is 17.9. The van der Waals surface area contributed by atoms with Gasteiger partial charge in [0.2, 0.25) is 0 Å². The van der Waals surface area contributed by atoms with Crippen LogP contribution in [0.3, 0.4) is 0 Å². The lowest BCUT2D eigenvalue weighted by Crippen LogP contribution is -2.09. The fourth-order valence-corrected chi connectivity index (χ4v) is 1.45. The number of aldehydes is 1. The van der Waals surface area contributed by atoms with Gasteiger partial charge in [-0.05, 0) is 30.5 Å². The van der Waals surface area contributed by atoms with Crippen molar-refractivity contribution in [3.63, 3.8) is 0 Å². The van der Waals surface area contributed by atoms with Crippen LogP contribution in [0.2, 0.25) is 0 Å². The van der Waals surface area contributed by atoms with Gasteiger partial charge in [0.1, 0.15) is 0 Å². The van der Waals surface area contributed by atoms with Gasteiger partial charge < -0.3 is 5.11 Å². The lowest BCUT2D eigenvalue weighted by atomic mass is 10.0. The van der Waals surface area contributed by atoms with E-state index in [0.29, 0.717) is 19.1 Å². The molecule has 1 aliphatic rings. The van der Waals surface area contributed by atoms with Crippen LogP contribution in [-0.2, 0) is 5.60 Å². The minimum absolute atomic E-state index is 0.0175. The zero-order chi connectivity index (χ0) is 10.3. The number of halogens is 2. The van der Waals surface area contributed by atoms with Crippen LogP contribution in [-0.4, -0.2) is 11.4 Å². The lowest BCUT2D eigenvalue weighted by molar-refractivity contribution is 0.110. The molecule has 0 aliphatic heterocycles. The number of carbonyl (C=O) groups excluding carboxylic acids is 1. The van der Waals surface area contributed by atoms with Crippen molar-refractivity contribution in [2.75, 3.05) is 0 Å². The Morgan fingerprint density at radius 2 is 1.86 bits per heavy atom. The smallest absolute Gasteiger partial charge is 0.159 e. The Kier molecular flexibility index (Phi) is 1.89. The predicted octanol–water partition coefficient (Wildman–Crippen LogP) is 1.76. The maximum Gasteiger partial charge on any atom is 0.159 e. The molecule has 0 aromatic heterocycles. The molecule has 14 heavy (non-hydrogen) atoms. The maximum absolute atomic E-state index is 12.9. The molecular weight excluding hydrogens is 190 g/mol. The molecule has 2 nitrogen and oxygen atoms in total. The van der Waals surface area contributed by atoms with Crippen LogP contribution in [0.5, 0.6) is 0 Å². The first-order chi connectivity index (χ1) is 6.57. The maximum atomic E-state index is 12.9. The van der Waals surface area contributed by atoms with E-state index in [1.807, 2.05) is 0 Å². The second kappa shape index (κ2) is 2.85. The summed E-state index contributed by atoms with van der Waals surface area (Å²) in [6.45, 7) is 0. The third-order valence-electron chi connectivity index (χ3n) is 2.44. The first-order valence-electron chi connectivity index (χ1n) is 4.24. The summed E-state index contributed by atoms with van der Waals surface area (Å²) in [7, 11) is 0. The molecule has 1 fully saturated rings. The van der Waals surface area contributed by atoms with Crippen molar-refractivity contribution in [1.29, 1.82) is 0 Å². The topological polar surface area (TPSA) is 37.3 Å². The Labute approximate surface area is 79.2 Å². The van der Waals surface area contributed by atoms with E-state index in [2.05, 4.69) is 0 Å². The van der Waals surface area contributed by atoms with Crippen LogP contribution in [0.4, 0.5) is 8.78 Å². The molecule has 0 amide bonds. The van der Waals surface area contributed by atoms with E-state index >= 15 is 0 Å². The Morgan fingerprint density at radius 1 is 1.29 bits per heavy atom. The highest BCUT2D eigenvalue weighted by molar-refractivity contribution is 5.78.